The molecule has 0 aliphatic carbocycles. The van der Waals surface area contributed by atoms with Crippen LogP contribution in [0.25, 0.3) is 5.69 Å². The minimum absolute atomic E-state index is 0.184. The maximum absolute atomic E-state index is 12.4. The standard InChI is InChI=1S/C23H31N7O2/c1-17-13-19(6-5-18(17)14-24)30-20(25-26-27-30)15-28-10-7-23(8-11-28)9-12-29(16-23)21(31)32-22(2,3)4/h5-6,13H,7-12,15-16H2,1-4H3. The zero-order valence-electron chi connectivity index (χ0n) is 19.3. The Hall–Kier alpha value is -2.99. The number of ether oxygens (including phenoxy) is 1. The van der Waals surface area contributed by atoms with Gasteiger partial charge in [0.25, 0.3) is 0 Å². The molecule has 32 heavy (non-hydrogen) atoms. The molecule has 1 aromatic heterocycles. The van der Waals surface area contributed by atoms with Crippen LogP contribution in [0.5, 0.6) is 0 Å². The minimum Gasteiger partial charge on any atom is -0.444 e. The number of carbonyl (C=O) groups excluding carboxylic acids is 1. The van der Waals surface area contributed by atoms with Crippen LogP contribution in [0.1, 0.15) is 57.0 Å². The third-order valence-corrected chi connectivity index (χ3v) is 6.48. The summed E-state index contributed by atoms with van der Waals surface area (Å²) in [6, 6.07) is 7.81. The van der Waals surface area contributed by atoms with Crippen molar-refractivity contribution < 1.29 is 9.53 Å². The number of amides is 1. The second-order valence-corrected chi connectivity index (χ2v) is 10.0. The fourth-order valence-corrected chi connectivity index (χ4v) is 4.62. The van der Waals surface area contributed by atoms with Crippen molar-refractivity contribution in [2.75, 3.05) is 26.2 Å². The largest absolute Gasteiger partial charge is 0.444 e. The lowest BCUT2D eigenvalue weighted by Gasteiger charge is -2.39. The second kappa shape index (κ2) is 8.51. The number of benzene rings is 1. The van der Waals surface area contributed by atoms with Crippen molar-refractivity contribution in [3.05, 3.63) is 35.2 Å². The van der Waals surface area contributed by atoms with E-state index >= 15 is 0 Å². The smallest absolute Gasteiger partial charge is 0.410 e. The first-order chi connectivity index (χ1) is 15.2. The predicted molar refractivity (Wildman–Crippen MR) is 118 cm³/mol. The minimum atomic E-state index is -0.465. The highest BCUT2D eigenvalue weighted by Gasteiger charge is 2.43. The van der Waals surface area contributed by atoms with Crippen LogP contribution < -0.4 is 0 Å². The van der Waals surface area contributed by atoms with Gasteiger partial charge in [-0.25, -0.2) is 4.79 Å². The molecule has 170 valence electrons. The van der Waals surface area contributed by atoms with E-state index in [1.165, 1.54) is 0 Å². The number of rotatable bonds is 3. The summed E-state index contributed by atoms with van der Waals surface area (Å²) in [5, 5.41) is 21.5. The summed E-state index contributed by atoms with van der Waals surface area (Å²) in [6.07, 6.45) is 2.92. The lowest BCUT2D eigenvalue weighted by molar-refractivity contribution is 0.0245. The molecule has 2 aliphatic rings. The number of aryl methyl sites for hydroxylation is 1. The molecule has 2 aromatic rings. The van der Waals surface area contributed by atoms with Gasteiger partial charge in [-0.05, 0) is 99.7 Å². The monoisotopic (exact) mass is 437 g/mol. The van der Waals surface area contributed by atoms with E-state index in [4.69, 9.17) is 10.00 Å². The van der Waals surface area contributed by atoms with Crippen molar-refractivity contribution >= 4 is 6.09 Å². The first-order valence-electron chi connectivity index (χ1n) is 11.2. The molecule has 1 aromatic carbocycles. The quantitative estimate of drug-likeness (QED) is 0.727. The van der Waals surface area contributed by atoms with Crippen LogP contribution in [0, 0.1) is 23.7 Å². The van der Waals surface area contributed by atoms with Gasteiger partial charge in [-0.15, -0.1) is 5.10 Å². The highest BCUT2D eigenvalue weighted by Crippen LogP contribution is 2.41. The number of hydrogen-bond acceptors (Lipinski definition) is 7. The second-order valence-electron chi connectivity index (χ2n) is 10.0. The van der Waals surface area contributed by atoms with Crippen LogP contribution in [0.4, 0.5) is 4.79 Å². The third kappa shape index (κ3) is 4.75. The van der Waals surface area contributed by atoms with E-state index in [-0.39, 0.29) is 11.5 Å². The zero-order valence-corrected chi connectivity index (χ0v) is 19.3. The van der Waals surface area contributed by atoms with E-state index < -0.39 is 5.60 Å². The van der Waals surface area contributed by atoms with E-state index in [0.717, 1.165) is 62.5 Å². The number of likely N-dealkylation sites (tertiary alicyclic amines) is 2. The van der Waals surface area contributed by atoms with Crippen LogP contribution in [0.2, 0.25) is 0 Å². The third-order valence-electron chi connectivity index (χ3n) is 6.48. The van der Waals surface area contributed by atoms with E-state index in [9.17, 15) is 4.79 Å². The molecule has 0 atom stereocenters. The van der Waals surface area contributed by atoms with Gasteiger partial charge in [0.2, 0.25) is 0 Å². The first-order valence-corrected chi connectivity index (χ1v) is 11.2. The van der Waals surface area contributed by atoms with Gasteiger partial charge in [-0.2, -0.15) is 9.94 Å². The van der Waals surface area contributed by atoms with Gasteiger partial charge in [-0.1, -0.05) is 0 Å². The Bertz CT molecular complexity index is 1030. The molecule has 9 nitrogen and oxygen atoms in total. The van der Waals surface area contributed by atoms with Gasteiger partial charge in [0.1, 0.15) is 5.60 Å². The molecule has 2 fully saturated rings. The molecule has 2 saturated heterocycles. The number of aromatic nitrogens is 4. The molecule has 3 heterocycles. The summed E-state index contributed by atoms with van der Waals surface area (Å²) in [6.45, 7) is 11.7. The average Bonchev–Trinajstić information content (AvgIpc) is 3.36. The molecular weight excluding hydrogens is 406 g/mol. The highest BCUT2D eigenvalue weighted by atomic mass is 16.6. The summed E-state index contributed by atoms with van der Waals surface area (Å²) in [5.41, 5.74) is 2.14. The Morgan fingerprint density at radius 2 is 1.94 bits per heavy atom. The van der Waals surface area contributed by atoms with Crippen molar-refractivity contribution in [1.82, 2.24) is 30.0 Å². The lowest BCUT2D eigenvalue weighted by Crippen LogP contribution is -2.43. The van der Waals surface area contributed by atoms with E-state index in [1.807, 2.05) is 44.7 Å². The lowest BCUT2D eigenvalue weighted by atomic mass is 9.78. The van der Waals surface area contributed by atoms with Crippen molar-refractivity contribution in [3.63, 3.8) is 0 Å². The summed E-state index contributed by atoms with van der Waals surface area (Å²) >= 11 is 0. The first kappa shape index (κ1) is 22.2. The summed E-state index contributed by atoms with van der Waals surface area (Å²) in [7, 11) is 0. The van der Waals surface area contributed by atoms with Crippen LogP contribution in [-0.2, 0) is 11.3 Å². The topological polar surface area (TPSA) is 100 Å². The number of nitriles is 1. The fraction of sp³-hybridized carbons (Fsp3) is 0.609. The Kier molecular flexibility index (Phi) is 5.91. The maximum atomic E-state index is 12.4. The Morgan fingerprint density at radius 3 is 2.59 bits per heavy atom. The SMILES string of the molecule is Cc1cc(-n2nnnc2CN2CCC3(CC2)CCN(C(=O)OC(C)(C)C)C3)ccc1C#N. The Labute approximate surface area is 188 Å². The molecule has 9 heteroatoms. The fourth-order valence-electron chi connectivity index (χ4n) is 4.62. The van der Waals surface area contributed by atoms with E-state index in [1.54, 1.807) is 10.7 Å². The summed E-state index contributed by atoms with van der Waals surface area (Å²) < 4.78 is 7.31. The van der Waals surface area contributed by atoms with E-state index in [2.05, 4.69) is 26.5 Å². The van der Waals surface area contributed by atoms with Gasteiger partial charge >= 0.3 is 6.09 Å². The van der Waals surface area contributed by atoms with Crippen molar-refractivity contribution in [2.45, 2.75) is 59.1 Å². The van der Waals surface area contributed by atoms with Gasteiger partial charge in [0.15, 0.2) is 5.82 Å². The van der Waals surface area contributed by atoms with Crippen LogP contribution in [-0.4, -0.2) is 67.9 Å². The van der Waals surface area contributed by atoms with Crippen molar-refractivity contribution in [2.24, 2.45) is 5.41 Å². The number of tetrazole rings is 1. The number of carbonyl (C=O) groups is 1. The normalized spacial score (nSPS) is 18.7. The number of nitrogens with zero attached hydrogens (tertiary/aromatic N) is 7. The molecule has 1 amide bonds. The molecular formula is C23H31N7O2. The van der Waals surface area contributed by atoms with Gasteiger partial charge in [0.05, 0.1) is 23.9 Å². The van der Waals surface area contributed by atoms with Crippen molar-refractivity contribution in [1.29, 1.82) is 5.26 Å². The summed E-state index contributed by atoms with van der Waals surface area (Å²) in [5.74, 6) is 0.784. The predicted octanol–water partition coefficient (Wildman–Crippen LogP) is 3.07. The van der Waals surface area contributed by atoms with Gasteiger partial charge in [-0.3, -0.25) is 4.90 Å². The highest BCUT2D eigenvalue weighted by molar-refractivity contribution is 5.68. The summed E-state index contributed by atoms with van der Waals surface area (Å²) in [4.78, 5) is 16.7. The molecule has 0 radical (unpaired) electrons. The van der Waals surface area contributed by atoms with Crippen LogP contribution in [0.15, 0.2) is 18.2 Å². The molecule has 4 rings (SSSR count). The van der Waals surface area contributed by atoms with Crippen molar-refractivity contribution in [3.8, 4) is 11.8 Å². The van der Waals surface area contributed by atoms with Gasteiger partial charge < -0.3 is 9.64 Å². The molecule has 2 aliphatic heterocycles. The zero-order chi connectivity index (χ0) is 22.9. The van der Waals surface area contributed by atoms with Crippen LogP contribution >= 0.6 is 0 Å². The average molecular weight is 438 g/mol. The van der Waals surface area contributed by atoms with E-state index in [0.29, 0.717) is 12.1 Å². The number of piperidine rings is 1. The molecule has 0 saturated carbocycles. The molecule has 1 spiro atoms. The Morgan fingerprint density at radius 1 is 1.22 bits per heavy atom. The Balaban J connectivity index is 1.36. The van der Waals surface area contributed by atoms with Gasteiger partial charge in [0, 0.05) is 13.1 Å². The van der Waals surface area contributed by atoms with Crippen LogP contribution in [0.3, 0.4) is 0 Å². The molecule has 0 N–H and O–H groups in total. The maximum Gasteiger partial charge on any atom is 0.410 e. The molecule has 0 bridgehead atoms. The number of hydrogen-bond donors (Lipinski definition) is 0. The molecule has 0 unspecified atom stereocenters.